The summed E-state index contributed by atoms with van der Waals surface area (Å²) < 4.78 is 11.2. The van der Waals surface area contributed by atoms with Crippen molar-refractivity contribution < 1.29 is 13.9 Å². The summed E-state index contributed by atoms with van der Waals surface area (Å²) in [5.74, 6) is 1.31. The molecule has 0 spiro atoms. The number of carbonyl (C=O) groups excluding carboxylic acids is 1. The zero-order valence-corrected chi connectivity index (χ0v) is 17.9. The number of aryl methyl sites for hydroxylation is 1. The van der Waals surface area contributed by atoms with Crippen LogP contribution in [0.15, 0.2) is 47.2 Å². The number of para-hydroxylation sites is 1. The minimum Gasteiger partial charge on any atom is -0.496 e. The Labute approximate surface area is 176 Å². The average molecular weight is 405 g/mol. The van der Waals surface area contributed by atoms with Crippen LogP contribution >= 0.6 is 0 Å². The van der Waals surface area contributed by atoms with Crippen LogP contribution in [0.3, 0.4) is 0 Å². The van der Waals surface area contributed by atoms with E-state index in [2.05, 4.69) is 40.3 Å². The van der Waals surface area contributed by atoms with Gasteiger partial charge < -0.3 is 19.4 Å². The normalized spacial score (nSPS) is 15.2. The fourth-order valence-corrected chi connectivity index (χ4v) is 4.20. The maximum atomic E-state index is 12.9. The molecular formula is C24H27N3O3. The Balaban J connectivity index is 1.48. The fourth-order valence-electron chi connectivity index (χ4n) is 4.20. The molecule has 6 heteroatoms. The molecule has 3 aromatic rings. The van der Waals surface area contributed by atoms with E-state index < -0.39 is 0 Å². The van der Waals surface area contributed by atoms with Gasteiger partial charge in [-0.15, -0.1) is 0 Å². The van der Waals surface area contributed by atoms with Gasteiger partial charge in [-0.25, -0.2) is 0 Å². The molecule has 0 aliphatic carbocycles. The quantitative estimate of drug-likeness (QED) is 0.666. The number of nitrogens with one attached hydrogen (secondary N) is 1. The summed E-state index contributed by atoms with van der Waals surface area (Å²) in [4.78, 5) is 19.6. The molecule has 1 amide bonds. The molecule has 1 unspecified atom stereocenters. The second-order valence-electron chi connectivity index (χ2n) is 7.80. The van der Waals surface area contributed by atoms with Crippen molar-refractivity contribution in [1.29, 1.82) is 0 Å². The molecule has 156 valence electrons. The highest BCUT2D eigenvalue weighted by molar-refractivity contribution is 5.95. The molecule has 0 bridgehead atoms. The lowest BCUT2D eigenvalue weighted by Crippen LogP contribution is -2.30. The summed E-state index contributed by atoms with van der Waals surface area (Å²) in [5.41, 5.74) is 5.80. The van der Waals surface area contributed by atoms with Crippen LogP contribution in [0.5, 0.6) is 5.75 Å². The van der Waals surface area contributed by atoms with Crippen molar-refractivity contribution in [3.05, 3.63) is 76.5 Å². The minimum absolute atomic E-state index is 0.167. The zero-order chi connectivity index (χ0) is 21.3. The monoisotopic (exact) mass is 405 g/mol. The third kappa shape index (κ3) is 3.65. The summed E-state index contributed by atoms with van der Waals surface area (Å²) in [6.07, 6.45) is 4.34. The Morgan fingerprint density at radius 1 is 1.30 bits per heavy atom. The van der Waals surface area contributed by atoms with Crippen molar-refractivity contribution in [3.63, 3.8) is 0 Å². The molecule has 0 saturated heterocycles. The first-order chi connectivity index (χ1) is 14.5. The molecule has 0 saturated carbocycles. The van der Waals surface area contributed by atoms with Crippen molar-refractivity contribution in [2.45, 2.75) is 46.3 Å². The van der Waals surface area contributed by atoms with Crippen LogP contribution in [-0.2, 0) is 19.5 Å². The minimum atomic E-state index is -0.167. The Morgan fingerprint density at radius 2 is 2.10 bits per heavy atom. The van der Waals surface area contributed by atoms with Crippen molar-refractivity contribution in [3.8, 4) is 5.75 Å². The van der Waals surface area contributed by atoms with E-state index in [4.69, 9.17) is 9.15 Å². The molecule has 2 aromatic heterocycles. The first-order valence-electron chi connectivity index (χ1n) is 10.2. The second kappa shape index (κ2) is 8.22. The molecular weight excluding hydrogens is 378 g/mol. The van der Waals surface area contributed by atoms with E-state index in [1.807, 2.05) is 19.9 Å². The van der Waals surface area contributed by atoms with Crippen molar-refractivity contribution in [2.75, 3.05) is 12.0 Å². The van der Waals surface area contributed by atoms with Gasteiger partial charge in [0.2, 0.25) is 0 Å². The van der Waals surface area contributed by atoms with Crippen LogP contribution in [0.4, 0.5) is 5.69 Å². The van der Waals surface area contributed by atoms with Gasteiger partial charge in [-0.3, -0.25) is 9.78 Å². The topological polar surface area (TPSA) is 67.6 Å². The molecule has 1 aliphatic rings. The van der Waals surface area contributed by atoms with Gasteiger partial charge in [0, 0.05) is 29.1 Å². The molecule has 3 heterocycles. The summed E-state index contributed by atoms with van der Waals surface area (Å²) >= 11 is 0. The summed E-state index contributed by atoms with van der Waals surface area (Å²) in [7, 11) is 1.65. The molecule has 1 N–H and O–H groups in total. The van der Waals surface area contributed by atoms with Gasteiger partial charge in [-0.1, -0.05) is 18.2 Å². The number of hydrogen-bond donors (Lipinski definition) is 1. The number of rotatable bonds is 6. The number of furan rings is 1. The van der Waals surface area contributed by atoms with Crippen molar-refractivity contribution in [2.24, 2.45) is 0 Å². The fraction of sp³-hybridized carbons (Fsp3) is 0.333. The Hall–Kier alpha value is -3.28. The number of anilines is 1. The summed E-state index contributed by atoms with van der Waals surface area (Å²) in [5, 5.41) is 2.97. The lowest BCUT2D eigenvalue weighted by molar-refractivity contribution is 0.0948. The highest BCUT2D eigenvalue weighted by Gasteiger charge is 2.28. The number of carbonyl (C=O) groups is 1. The van der Waals surface area contributed by atoms with E-state index in [9.17, 15) is 4.79 Å². The van der Waals surface area contributed by atoms with E-state index >= 15 is 0 Å². The van der Waals surface area contributed by atoms with E-state index in [0.29, 0.717) is 30.5 Å². The Kier molecular flexibility index (Phi) is 5.48. The van der Waals surface area contributed by atoms with Crippen LogP contribution < -0.4 is 15.0 Å². The number of amides is 1. The van der Waals surface area contributed by atoms with E-state index in [1.54, 1.807) is 25.6 Å². The smallest absolute Gasteiger partial charge is 0.255 e. The number of benzene rings is 1. The van der Waals surface area contributed by atoms with Crippen LogP contribution in [-0.4, -0.2) is 24.0 Å². The standard InChI is InChI=1S/C24H27N3O3/c1-15-12-25-20(17(3)23(15)29-4)13-26-24(28)19-9-10-30-22(19)14-27-16(2)11-18-7-5-6-8-21(18)27/h5-10,12,16H,11,13-14H2,1-4H3,(H,26,28). The van der Waals surface area contributed by atoms with Gasteiger partial charge in [0.1, 0.15) is 11.5 Å². The van der Waals surface area contributed by atoms with Gasteiger partial charge in [0.05, 0.1) is 37.7 Å². The Bertz CT molecular complexity index is 1070. The predicted octanol–water partition coefficient (Wildman–Crippen LogP) is 4.18. The zero-order valence-electron chi connectivity index (χ0n) is 17.9. The van der Waals surface area contributed by atoms with E-state index in [1.165, 1.54) is 11.3 Å². The number of aromatic nitrogens is 1. The van der Waals surface area contributed by atoms with Gasteiger partial charge in [-0.2, -0.15) is 0 Å². The summed E-state index contributed by atoms with van der Waals surface area (Å²) in [6.45, 7) is 6.99. The molecule has 0 radical (unpaired) electrons. The van der Waals surface area contributed by atoms with Gasteiger partial charge in [0.25, 0.3) is 5.91 Å². The van der Waals surface area contributed by atoms with Crippen LogP contribution in [0, 0.1) is 13.8 Å². The number of fused-ring (bicyclic) bond motifs is 1. The molecule has 6 nitrogen and oxygen atoms in total. The van der Waals surface area contributed by atoms with Crippen molar-refractivity contribution in [1.82, 2.24) is 10.3 Å². The second-order valence-corrected chi connectivity index (χ2v) is 7.80. The number of ether oxygens (including phenoxy) is 1. The van der Waals surface area contributed by atoms with Gasteiger partial charge >= 0.3 is 0 Å². The Morgan fingerprint density at radius 3 is 2.90 bits per heavy atom. The first-order valence-corrected chi connectivity index (χ1v) is 10.2. The number of pyridine rings is 1. The average Bonchev–Trinajstić information content (AvgIpc) is 3.32. The third-order valence-corrected chi connectivity index (χ3v) is 5.82. The SMILES string of the molecule is COc1c(C)cnc(CNC(=O)c2ccoc2CN2c3ccccc3CC2C)c1C. The van der Waals surface area contributed by atoms with Crippen LogP contribution in [0.1, 0.15) is 45.4 Å². The number of nitrogens with zero attached hydrogens (tertiary/aromatic N) is 2. The summed E-state index contributed by atoms with van der Waals surface area (Å²) in [6, 6.07) is 10.5. The van der Waals surface area contributed by atoms with Gasteiger partial charge in [0.15, 0.2) is 0 Å². The number of hydrogen-bond acceptors (Lipinski definition) is 5. The highest BCUT2D eigenvalue weighted by atomic mass is 16.5. The predicted molar refractivity (Wildman–Crippen MR) is 116 cm³/mol. The molecule has 1 atom stereocenters. The first kappa shape index (κ1) is 20.0. The van der Waals surface area contributed by atoms with E-state index in [0.717, 1.165) is 29.0 Å². The molecule has 30 heavy (non-hydrogen) atoms. The molecule has 1 aliphatic heterocycles. The van der Waals surface area contributed by atoms with Crippen LogP contribution in [0.25, 0.3) is 0 Å². The molecule has 1 aromatic carbocycles. The van der Waals surface area contributed by atoms with E-state index in [-0.39, 0.29) is 5.91 Å². The maximum Gasteiger partial charge on any atom is 0.255 e. The van der Waals surface area contributed by atoms with Crippen molar-refractivity contribution >= 4 is 11.6 Å². The largest absolute Gasteiger partial charge is 0.496 e. The molecule has 0 fully saturated rings. The lowest BCUT2D eigenvalue weighted by Gasteiger charge is -2.24. The van der Waals surface area contributed by atoms with Gasteiger partial charge in [-0.05, 0) is 44.9 Å². The highest BCUT2D eigenvalue weighted by Crippen LogP contribution is 2.33. The maximum absolute atomic E-state index is 12.9. The third-order valence-electron chi connectivity index (χ3n) is 5.82. The molecule has 4 rings (SSSR count). The number of methoxy groups -OCH3 is 1. The lowest BCUT2D eigenvalue weighted by atomic mass is 10.1. The van der Waals surface area contributed by atoms with Crippen LogP contribution in [0.2, 0.25) is 0 Å².